The van der Waals surface area contributed by atoms with Crippen LogP contribution in [-0.2, 0) is 13.0 Å². The summed E-state index contributed by atoms with van der Waals surface area (Å²) >= 11 is 6.17. The number of H-pyrrole nitrogens is 1. The highest BCUT2D eigenvalue weighted by Gasteiger charge is 2.09. The van der Waals surface area contributed by atoms with E-state index in [1.807, 2.05) is 30.5 Å². The maximum Gasteiger partial charge on any atom is 0.185 e. The highest BCUT2D eigenvalue weighted by atomic mass is 35.5. The SMILES string of the molecule is C[NH+](CCc1cccc[nH+]1)Cc1ccccc1Cl. The summed E-state index contributed by atoms with van der Waals surface area (Å²) in [7, 11) is 2.20. The number of quaternary nitrogens is 1. The summed E-state index contributed by atoms with van der Waals surface area (Å²) in [6.07, 6.45) is 3.02. The molecule has 3 heteroatoms. The lowest BCUT2D eigenvalue weighted by Crippen LogP contribution is -3.07. The molecule has 1 aromatic heterocycles. The number of aromatic amines is 1. The van der Waals surface area contributed by atoms with Crippen LogP contribution in [0, 0.1) is 0 Å². The molecule has 1 heterocycles. The number of hydrogen-bond acceptors (Lipinski definition) is 0. The molecular weight excluding hydrogens is 244 g/mol. The maximum absolute atomic E-state index is 6.17. The number of likely N-dealkylation sites (N-methyl/N-ethyl adjacent to an activating group) is 1. The van der Waals surface area contributed by atoms with Crippen LogP contribution in [0.2, 0.25) is 5.02 Å². The van der Waals surface area contributed by atoms with Crippen molar-refractivity contribution in [2.45, 2.75) is 13.0 Å². The number of benzene rings is 1. The first-order valence-electron chi connectivity index (χ1n) is 6.26. The molecule has 0 bridgehead atoms. The van der Waals surface area contributed by atoms with Gasteiger partial charge >= 0.3 is 0 Å². The molecule has 0 spiro atoms. The molecule has 0 aliphatic carbocycles. The topological polar surface area (TPSA) is 18.6 Å². The van der Waals surface area contributed by atoms with Gasteiger partial charge in [0.2, 0.25) is 0 Å². The molecule has 0 aliphatic rings. The first-order chi connectivity index (χ1) is 8.75. The van der Waals surface area contributed by atoms with E-state index in [1.54, 1.807) is 0 Å². The van der Waals surface area contributed by atoms with E-state index in [-0.39, 0.29) is 0 Å². The molecule has 2 N–H and O–H groups in total. The van der Waals surface area contributed by atoms with Crippen molar-refractivity contribution in [2.24, 2.45) is 0 Å². The number of nitrogens with one attached hydrogen (secondary N) is 2. The largest absolute Gasteiger partial charge is 0.333 e. The standard InChI is InChI=1S/C15H17ClN2/c1-18(11-9-14-7-4-5-10-17-14)12-13-6-2-3-8-15(13)16/h2-8,10H,9,11-12H2,1H3/p+2. The lowest BCUT2D eigenvalue weighted by atomic mass is 10.2. The van der Waals surface area contributed by atoms with Crippen molar-refractivity contribution < 1.29 is 9.88 Å². The molecule has 0 aliphatic heterocycles. The van der Waals surface area contributed by atoms with Gasteiger partial charge in [0.25, 0.3) is 0 Å². The zero-order chi connectivity index (χ0) is 12.8. The predicted octanol–water partition coefficient (Wildman–Crippen LogP) is 1.41. The second kappa shape index (κ2) is 6.53. The maximum atomic E-state index is 6.17. The Morgan fingerprint density at radius 2 is 1.89 bits per heavy atom. The molecule has 94 valence electrons. The van der Waals surface area contributed by atoms with Gasteiger partial charge < -0.3 is 4.90 Å². The van der Waals surface area contributed by atoms with Crippen molar-refractivity contribution in [3.05, 3.63) is 64.9 Å². The van der Waals surface area contributed by atoms with Crippen molar-refractivity contribution in [2.75, 3.05) is 13.6 Å². The van der Waals surface area contributed by atoms with Gasteiger partial charge in [0.05, 0.1) is 20.0 Å². The Kier molecular flexibility index (Phi) is 4.73. The second-order valence-electron chi connectivity index (χ2n) is 4.61. The van der Waals surface area contributed by atoms with Gasteiger partial charge in [-0.25, -0.2) is 4.98 Å². The third-order valence-electron chi connectivity index (χ3n) is 3.04. The van der Waals surface area contributed by atoms with Crippen LogP contribution >= 0.6 is 11.6 Å². The molecule has 2 rings (SSSR count). The number of aromatic nitrogens is 1. The fourth-order valence-corrected chi connectivity index (χ4v) is 2.19. The Labute approximate surface area is 113 Å². The fourth-order valence-electron chi connectivity index (χ4n) is 1.99. The Hall–Kier alpha value is -1.38. The first kappa shape index (κ1) is 13.1. The summed E-state index contributed by atoms with van der Waals surface area (Å²) in [6, 6.07) is 14.3. The van der Waals surface area contributed by atoms with E-state index in [1.165, 1.54) is 16.2 Å². The van der Waals surface area contributed by atoms with Crippen molar-refractivity contribution in [1.29, 1.82) is 0 Å². The quantitative estimate of drug-likeness (QED) is 0.840. The van der Waals surface area contributed by atoms with E-state index in [0.717, 1.165) is 24.5 Å². The highest BCUT2D eigenvalue weighted by Crippen LogP contribution is 2.13. The van der Waals surface area contributed by atoms with Crippen LogP contribution in [0.1, 0.15) is 11.3 Å². The van der Waals surface area contributed by atoms with Crippen LogP contribution in [0.3, 0.4) is 0 Å². The Balaban J connectivity index is 1.86. The minimum Gasteiger partial charge on any atom is -0.333 e. The average Bonchev–Trinajstić information content (AvgIpc) is 2.40. The minimum absolute atomic E-state index is 0.864. The normalized spacial score (nSPS) is 12.3. The van der Waals surface area contributed by atoms with Crippen LogP contribution in [0.15, 0.2) is 48.7 Å². The number of hydrogen-bond donors (Lipinski definition) is 1. The number of rotatable bonds is 5. The Morgan fingerprint density at radius 3 is 2.61 bits per heavy atom. The van der Waals surface area contributed by atoms with Crippen LogP contribution in [0.4, 0.5) is 0 Å². The molecular formula is C15H19ClN2+2. The van der Waals surface area contributed by atoms with E-state index in [2.05, 4.69) is 30.2 Å². The third-order valence-corrected chi connectivity index (χ3v) is 3.41. The Bertz CT molecular complexity index is 485. The number of halogens is 1. The Morgan fingerprint density at radius 1 is 1.11 bits per heavy atom. The smallest absolute Gasteiger partial charge is 0.185 e. The summed E-state index contributed by atoms with van der Waals surface area (Å²) in [4.78, 5) is 4.72. The van der Waals surface area contributed by atoms with Gasteiger partial charge in [0.15, 0.2) is 11.9 Å². The molecule has 0 radical (unpaired) electrons. The van der Waals surface area contributed by atoms with Gasteiger partial charge in [-0.2, -0.15) is 0 Å². The summed E-state index contributed by atoms with van der Waals surface area (Å²) in [6.45, 7) is 2.05. The molecule has 0 amide bonds. The van der Waals surface area contributed by atoms with Crippen LogP contribution in [-0.4, -0.2) is 13.6 Å². The lowest BCUT2D eigenvalue weighted by molar-refractivity contribution is -0.893. The molecule has 2 aromatic rings. The molecule has 1 unspecified atom stereocenters. The van der Waals surface area contributed by atoms with Gasteiger partial charge in [0.1, 0.15) is 6.54 Å². The summed E-state index contributed by atoms with van der Waals surface area (Å²) in [5.74, 6) is 0. The fraction of sp³-hybridized carbons (Fsp3) is 0.267. The first-order valence-corrected chi connectivity index (χ1v) is 6.64. The van der Waals surface area contributed by atoms with Crippen molar-refractivity contribution in [3.63, 3.8) is 0 Å². The van der Waals surface area contributed by atoms with E-state index >= 15 is 0 Å². The van der Waals surface area contributed by atoms with Crippen molar-refractivity contribution >= 4 is 11.6 Å². The zero-order valence-electron chi connectivity index (χ0n) is 10.6. The third kappa shape index (κ3) is 3.83. The second-order valence-corrected chi connectivity index (χ2v) is 5.02. The van der Waals surface area contributed by atoms with E-state index in [4.69, 9.17) is 11.6 Å². The van der Waals surface area contributed by atoms with Gasteiger partial charge in [0, 0.05) is 22.7 Å². The lowest BCUT2D eigenvalue weighted by Gasteiger charge is -2.13. The summed E-state index contributed by atoms with van der Waals surface area (Å²) in [5.41, 5.74) is 2.49. The average molecular weight is 263 g/mol. The summed E-state index contributed by atoms with van der Waals surface area (Å²) in [5, 5.41) is 0.864. The zero-order valence-corrected chi connectivity index (χ0v) is 11.4. The van der Waals surface area contributed by atoms with Gasteiger partial charge in [-0.05, 0) is 6.07 Å². The van der Waals surface area contributed by atoms with Crippen LogP contribution in [0.5, 0.6) is 0 Å². The molecule has 18 heavy (non-hydrogen) atoms. The summed E-state index contributed by atoms with van der Waals surface area (Å²) < 4.78 is 0. The predicted molar refractivity (Wildman–Crippen MR) is 73.6 cm³/mol. The van der Waals surface area contributed by atoms with Gasteiger partial charge in [-0.3, -0.25) is 0 Å². The molecule has 1 aromatic carbocycles. The molecule has 1 atom stereocenters. The van der Waals surface area contributed by atoms with Gasteiger partial charge in [-0.1, -0.05) is 35.9 Å². The monoisotopic (exact) mass is 262 g/mol. The minimum atomic E-state index is 0.864. The van der Waals surface area contributed by atoms with E-state index in [9.17, 15) is 0 Å². The van der Waals surface area contributed by atoms with Crippen molar-refractivity contribution in [3.8, 4) is 0 Å². The molecule has 2 nitrogen and oxygen atoms in total. The van der Waals surface area contributed by atoms with Crippen LogP contribution in [0.25, 0.3) is 0 Å². The number of pyridine rings is 1. The molecule has 0 saturated heterocycles. The van der Waals surface area contributed by atoms with E-state index in [0.29, 0.717) is 0 Å². The highest BCUT2D eigenvalue weighted by molar-refractivity contribution is 6.31. The van der Waals surface area contributed by atoms with Crippen LogP contribution < -0.4 is 9.88 Å². The van der Waals surface area contributed by atoms with E-state index < -0.39 is 0 Å². The van der Waals surface area contributed by atoms with Crippen molar-refractivity contribution in [1.82, 2.24) is 0 Å². The molecule has 0 saturated carbocycles. The molecule has 0 fully saturated rings. The van der Waals surface area contributed by atoms with Gasteiger partial charge in [-0.15, -0.1) is 0 Å².